The molecule has 1 fully saturated rings. The van der Waals surface area contributed by atoms with Gasteiger partial charge in [0.05, 0.1) is 13.2 Å². The molecule has 0 aromatic heterocycles. The molecule has 1 aromatic rings. The molecule has 4 heteroatoms. The highest BCUT2D eigenvalue weighted by molar-refractivity contribution is 8.14. The fourth-order valence-electron chi connectivity index (χ4n) is 2.10. The lowest BCUT2D eigenvalue weighted by Gasteiger charge is -2.09. The number of rotatable bonds is 8. The summed E-state index contributed by atoms with van der Waals surface area (Å²) in [5, 5.41) is 4.57. The summed E-state index contributed by atoms with van der Waals surface area (Å²) in [5.74, 6) is 1.10. The second kappa shape index (κ2) is 9.03. The lowest BCUT2D eigenvalue weighted by atomic mass is 10.1. The Bertz CT molecular complexity index is 408. The molecule has 1 atom stereocenters. The third kappa shape index (κ3) is 5.55. The summed E-state index contributed by atoms with van der Waals surface area (Å²) < 4.78 is 5.51. The van der Waals surface area contributed by atoms with E-state index in [2.05, 4.69) is 47.6 Å². The standard InChI is InChI=1S/C16H24N2OS/c1-2-3-10-19-11-9-17-16-18-15(13-20-16)12-14-7-5-4-6-8-14/h4-8,15H,2-3,9-13H2,1H3,(H,17,18). The molecule has 20 heavy (non-hydrogen) atoms. The van der Waals surface area contributed by atoms with Gasteiger partial charge in [-0.2, -0.15) is 0 Å². The molecule has 3 nitrogen and oxygen atoms in total. The highest BCUT2D eigenvalue weighted by atomic mass is 32.2. The lowest BCUT2D eigenvalue weighted by molar-refractivity contribution is 0.139. The van der Waals surface area contributed by atoms with Crippen molar-refractivity contribution in [1.29, 1.82) is 0 Å². The molecular weight excluding hydrogens is 268 g/mol. The molecule has 0 radical (unpaired) electrons. The third-order valence-corrected chi connectivity index (χ3v) is 4.30. The van der Waals surface area contributed by atoms with Crippen LogP contribution in [0.3, 0.4) is 0 Å². The minimum absolute atomic E-state index is 0.502. The van der Waals surface area contributed by atoms with Crippen LogP contribution in [-0.2, 0) is 11.2 Å². The first kappa shape index (κ1) is 15.4. The maximum Gasteiger partial charge on any atom is 0.156 e. The summed E-state index contributed by atoms with van der Waals surface area (Å²) in [7, 11) is 0. The Balaban J connectivity index is 1.64. The summed E-state index contributed by atoms with van der Waals surface area (Å²) in [6.45, 7) is 4.53. The van der Waals surface area contributed by atoms with Gasteiger partial charge in [-0.3, -0.25) is 4.99 Å². The molecule has 1 aliphatic rings. The van der Waals surface area contributed by atoms with Crippen LogP contribution < -0.4 is 5.32 Å². The molecule has 1 saturated heterocycles. The molecule has 1 heterocycles. The Morgan fingerprint density at radius 3 is 2.95 bits per heavy atom. The van der Waals surface area contributed by atoms with Crippen LogP contribution in [-0.4, -0.2) is 36.7 Å². The molecule has 0 aliphatic carbocycles. The van der Waals surface area contributed by atoms with E-state index >= 15 is 0 Å². The number of nitrogens with one attached hydrogen (secondary N) is 1. The predicted molar refractivity (Wildman–Crippen MR) is 87.6 cm³/mol. The van der Waals surface area contributed by atoms with Gasteiger partial charge in [0, 0.05) is 18.4 Å². The summed E-state index contributed by atoms with van der Waals surface area (Å²) in [6, 6.07) is 11.1. The zero-order valence-corrected chi connectivity index (χ0v) is 13.0. The summed E-state index contributed by atoms with van der Waals surface area (Å²) in [6.07, 6.45) is 3.40. The lowest BCUT2D eigenvalue weighted by Crippen LogP contribution is -2.29. The molecule has 0 spiro atoms. The van der Waals surface area contributed by atoms with Gasteiger partial charge in [0.15, 0.2) is 5.17 Å². The highest BCUT2D eigenvalue weighted by Gasteiger charge is 2.19. The number of hydrogen-bond donors (Lipinski definition) is 1. The monoisotopic (exact) mass is 292 g/mol. The largest absolute Gasteiger partial charge is 0.380 e. The van der Waals surface area contributed by atoms with E-state index in [0.717, 1.165) is 43.5 Å². The summed E-state index contributed by atoms with van der Waals surface area (Å²) in [5.41, 5.74) is 1.38. The number of hydrogen-bond acceptors (Lipinski definition) is 3. The number of benzene rings is 1. The van der Waals surface area contributed by atoms with Crippen molar-refractivity contribution in [3.63, 3.8) is 0 Å². The van der Waals surface area contributed by atoms with E-state index in [1.54, 1.807) is 0 Å². The van der Waals surface area contributed by atoms with Crippen molar-refractivity contribution >= 4 is 16.9 Å². The van der Waals surface area contributed by atoms with Crippen molar-refractivity contribution in [3.8, 4) is 0 Å². The topological polar surface area (TPSA) is 33.6 Å². The number of nitrogens with zero attached hydrogens (tertiary/aromatic N) is 1. The number of aliphatic imine (C=N–C) groups is 1. The van der Waals surface area contributed by atoms with Crippen molar-refractivity contribution in [1.82, 2.24) is 5.32 Å². The number of amidine groups is 1. The molecule has 1 N–H and O–H groups in total. The third-order valence-electron chi connectivity index (χ3n) is 3.21. The van der Waals surface area contributed by atoms with E-state index in [1.165, 1.54) is 12.0 Å². The van der Waals surface area contributed by atoms with Crippen LogP contribution in [0, 0.1) is 0 Å². The van der Waals surface area contributed by atoms with Gasteiger partial charge in [-0.05, 0) is 18.4 Å². The van der Waals surface area contributed by atoms with Gasteiger partial charge in [-0.25, -0.2) is 0 Å². The van der Waals surface area contributed by atoms with Gasteiger partial charge in [0.25, 0.3) is 0 Å². The second-order valence-corrected chi connectivity index (χ2v) is 6.00. The van der Waals surface area contributed by atoms with Crippen molar-refractivity contribution in [3.05, 3.63) is 35.9 Å². The molecule has 1 aromatic carbocycles. The van der Waals surface area contributed by atoms with E-state index in [1.807, 2.05) is 11.8 Å². The second-order valence-electron chi connectivity index (χ2n) is 4.99. The Kier molecular flexibility index (Phi) is 6.95. The molecule has 0 saturated carbocycles. The van der Waals surface area contributed by atoms with E-state index in [-0.39, 0.29) is 0 Å². The van der Waals surface area contributed by atoms with Gasteiger partial charge in [0.1, 0.15) is 0 Å². The maximum absolute atomic E-state index is 5.51. The average Bonchev–Trinajstić information content (AvgIpc) is 2.91. The smallest absolute Gasteiger partial charge is 0.156 e. The zero-order valence-electron chi connectivity index (χ0n) is 12.2. The minimum Gasteiger partial charge on any atom is -0.380 e. The van der Waals surface area contributed by atoms with E-state index < -0.39 is 0 Å². The zero-order chi connectivity index (χ0) is 14.0. The molecule has 0 bridgehead atoms. The van der Waals surface area contributed by atoms with Crippen LogP contribution in [0.5, 0.6) is 0 Å². The fraction of sp³-hybridized carbons (Fsp3) is 0.562. The summed E-state index contributed by atoms with van der Waals surface area (Å²) in [4.78, 5) is 4.56. The fourth-order valence-corrected chi connectivity index (χ4v) is 3.09. The van der Waals surface area contributed by atoms with Crippen LogP contribution in [0.15, 0.2) is 35.3 Å². The van der Waals surface area contributed by atoms with Crippen molar-refractivity contribution < 1.29 is 4.74 Å². The molecule has 1 unspecified atom stereocenters. The van der Waals surface area contributed by atoms with Gasteiger partial charge in [-0.15, -0.1) is 0 Å². The first-order valence-electron chi connectivity index (χ1n) is 7.44. The Morgan fingerprint density at radius 2 is 2.15 bits per heavy atom. The van der Waals surface area contributed by atoms with Crippen LogP contribution in [0.1, 0.15) is 25.3 Å². The van der Waals surface area contributed by atoms with Crippen molar-refractivity contribution in [2.75, 3.05) is 25.5 Å². The van der Waals surface area contributed by atoms with Crippen LogP contribution in [0.4, 0.5) is 0 Å². The Labute approximate surface area is 126 Å². The normalized spacial score (nSPS) is 20.2. The van der Waals surface area contributed by atoms with Gasteiger partial charge in [0.2, 0.25) is 0 Å². The number of ether oxygens (including phenoxy) is 1. The molecule has 1 aliphatic heterocycles. The maximum atomic E-state index is 5.51. The van der Waals surface area contributed by atoms with Crippen LogP contribution >= 0.6 is 11.8 Å². The Hall–Kier alpha value is -1.00. The van der Waals surface area contributed by atoms with E-state index in [4.69, 9.17) is 4.74 Å². The highest BCUT2D eigenvalue weighted by Crippen LogP contribution is 2.17. The van der Waals surface area contributed by atoms with Crippen LogP contribution in [0.2, 0.25) is 0 Å². The molecular formula is C16H24N2OS. The molecule has 110 valence electrons. The predicted octanol–water partition coefficient (Wildman–Crippen LogP) is 3.11. The van der Waals surface area contributed by atoms with E-state index in [0.29, 0.717) is 6.04 Å². The van der Waals surface area contributed by atoms with Crippen LogP contribution in [0.25, 0.3) is 0 Å². The SMILES string of the molecule is CCCCOCCN=C1NC(Cc2ccccc2)CS1. The Morgan fingerprint density at radius 1 is 1.30 bits per heavy atom. The van der Waals surface area contributed by atoms with E-state index in [9.17, 15) is 0 Å². The molecule has 0 amide bonds. The number of thioether (sulfide) groups is 1. The first-order valence-corrected chi connectivity index (χ1v) is 8.42. The quantitative estimate of drug-likeness (QED) is 0.748. The summed E-state index contributed by atoms with van der Waals surface area (Å²) >= 11 is 1.82. The van der Waals surface area contributed by atoms with Crippen molar-refractivity contribution in [2.24, 2.45) is 4.99 Å². The number of unbranched alkanes of at least 4 members (excludes halogenated alkanes) is 1. The molecule has 2 rings (SSSR count). The van der Waals surface area contributed by atoms with Gasteiger partial charge in [-0.1, -0.05) is 55.4 Å². The van der Waals surface area contributed by atoms with Crippen molar-refractivity contribution in [2.45, 2.75) is 32.2 Å². The average molecular weight is 292 g/mol. The minimum atomic E-state index is 0.502. The first-order chi connectivity index (χ1) is 9.88. The van der Waals surface area contributed by atoms with Gasteiger partial charge >= 0.3 is 0 Å². The van der Waals surface area contributed by atoms with Gasteiger partial charge < -0.3 is 10.1 Å².